The molecule has 1 aliphatic rings. The van der Waals surface area contributed by atoms with Crippen molar-refractivity contribution in [3.8, 4) is 0 Å². The van der Waals surface area contributed by atoms with Crippen LogP contribution in [0, 0.1) is 0 Å². The van der Waals surface area contributed by atoms with Crippen LogP contribution < -0.4 is 0 Å². The molecule has 6 nitrogen and oxygen atoms in total. The van der Waals surface area contributed by atoms with Crippen molar-refractivity contribution in [2.75, 3.05) is 20.6 Å². The Bertz CT molecular complexity index is 601. The lowest BCUT2D eigenvalue weighted by molar-refractivity contribution is 0.0707. The Morgan fingerprint density at radius 2 is 2.30 bits per heavy atom. The monoisotopic (exact) mass is 274 g/mol. The third-order valence-electron chi connectivity index (χ3n) is 3.39. The predicted molar refractivity (Wildman–Crippen MR) is 73.1 cm³/mol. The lowest BCUT2D eigenvalue weighted by Gasteiger charge is -2.27. The summed E-state index contributed by atoms with van der Waals surface area (Å²) in [5.41, 5.74) is 1.64. The number of hydrogen-bond donors (Lipinski definition) is 0. The Morgan fingerprint density at radius 3 is 3.00 bits per heavy atom. The molecule has 0 aromatic carbocycles. The average Bonchev–Trinajstić information content (AvgIpc) is 3.04. The first-order valence-electron chi connectivity index (χ1n) is 6.64. The highest BCUT2D eigenvalue weighted by Crippen LogP contribution is 2.16. The van der Waals surface area contributed by atoms with E-state index < -0.39 is 0 Å². The molecule has 0 aliphatic carbocycles. The molecular weight excluding hydrogens is 256 g/mol. The maximum Gasteiger partial charge on any atom is 0.257 e. The maximum atomic E-state index is 12.3. The normalized spacial score (nSPS) is 14.7. The fourth-order valence-electron chi connectivity index (χ4n) is 2.45. The van der Waals surface area contributed by atoms with Gasteiger partial charge in [-0.2, -0.15) is 0 Å². The number of rotatable bonds is 3. The van der Waals surface area contributed by atoms with E-state index in [9.17, 15) is 4.79 Å². The van der Waals surface area contributed by atoms with E-state index >= 15 is 0 Å². The van der Waals surface area contributed by atoms with E-state index in [0.717, 1.165) is 24.6 Å². The van der Waals surface area contributed by atoms with E-state index in [2.05, 4.69) is 20.6 Å². The molecule has 3 rings (SSSR count). The molecule has 3 heterocycles. The van der Waals surface area contributed by atoms with Crippen molar-refractivity contribution in [2.45, 2.75) is 19.6 Å². The van der Waals surface area contributed by atoms with Gasteiger partial charge in [-0.05, 0) is 20.2 Å². The van der Waals surface area contributed by atoms with Crippen LogP contribution in [0.3, 0.4) is 0 Å². The summed E-state index contributed by atoms with van der Waals surface area (Å²) in [6.07, 6.45) is 5.09. The third-order valence-corrected chi connectivity index (χ3v) is 3.39. The zero-order valence-corrected chi connectivity index (χ0v) is 11.7. The van der Waals surface area contributed by atoms with E-state index in [0.29, 0.717) is 18.7 Å². The summed E-state index contributed by atoms with van der Waals surface area (Å²) in [4.78, 5) is 20.8. The van der Waals surface area contributed by atoms with Gasteiger partial charge in [0.1, 0.15) is 12.1 Å². The highest BCUT2D eigenvalue weighted by atomic mass is 16.3. The van der Waals surface area contributed by atoms with Gasteiger partial charge >= 0.3 is 0 Å². The van der Waals surface area contributed by atoms with Crippen molar-refractivity contribution in [3.05, 3.63) is 41.9 Å². The summed E-state index contributed by atoms with van der Waals surface area (Å²) in [5, 5.41) is 0. The Kier molecular flexibility index (Phi) is 3.31. The molecule has 1 aliphatic heterocycles. The van der Waals surface area contributed by atoms with Gasteiger partial charge < -0.3 is 18.8 Å². The summed E-state index contributed by atoms with van der Waals surface area (Å²) in [6.45, 7) is 2.86. The number of furan rings is 1. The molecule has 0 bridgehead atoms. The Balaban J connectivity index is 1.75. The first-order valence-corrected chi connectivity index (χ1v) is 6.64. The summed E-state index contributed by atoms with van der Waals surface area (Å²) in [6, 6.07) is 1.70. The summed E-state index contributed by atoms with van der Waals surface area (Å²) in [5.74, 6) is 0.951. The van der Waals surface area contributed by atoms with E-state index in [1.54, 1.807) is 6.07 Å². The molecule has 0 atom stereocenters. The number of aromatic nitrogens is 2. The van der Waals surface area contributed by atoms with Crippen LogP contribution in [-0.4, -0.2) is 45.9 Å². The van der Waals surface area contributed by atoms with Crippen molar-refractivity contribution < 1.29 is 9.21 Å². The summed E-state index contributed by atoms with van der Waals surface area (Å²) < 4.78 is 7.11. The molecule has 0 fully saturated rings. The van der Waals surface area contributed by atoms with Crippen LogP contribution in [0.2, 0.25) is 0 Å². The Hall–Kier alpha value is -2.08. The third kappa shape index (κ3) is 2.46. The van der Waals surface area contributed by atoms with E-state index in [1.807, 2.05) is 19.0 Å². The number of carbonyl (C=O) groups excluding carboxylic acids is 1. The second kappa shape index (κ2) is 5.13. The molecule has 0 saturated heterocycles. The number of hydrogen-bond acceptors (Lipinski definition) is 4. The van der Waals surface area contributed by atoms with Crippen LogP contribution in [0.15, 0.2) is 29.2 Å². The Labute approximate surface area is 117 Å². The van der Waals surface area contributed by atoms with Crippen LogP contribution in [0.5, 0.6) is 0 Å². The molecule has 0 radical (unpaired) electrons. The zero-order valence-electron chi connectivity index (χ0n) is 11.7. The fourth-order valence-corrected chi connectivity index (χ4v) is 2.45. The van der Waals surface area contributed by atoms with E-state index in [1.165, 1.54) is 12.5 Å². The first kappa shape index (κ1) is 12.9. The quantitative estimate of drug-likeness (QED) is 0.843. The van der Waals surface area contributed by atoms with Crippen molar-refractivity contribution in [2.24, 2.45) is 0 Å². The molecule has 2 aromatic heterocycles. The van der Waals surface area contributed by atoms with Crippen molar-refractivity contribution in [1.29, 1.82) is 0 Å². The second-order valence-electron chi connectivity index (χ2n) is 5.32. The van der Waals surface area contributed by atoms with Crippen LogP contribution in [0.25, 0.3) is 0 Å². The molecule has 20 heavy (non-hydrogen) atoms. The van der Waals surface area contributed by atoms with Crippen molar-refractivity contribution in [3.63, 3.8) is 0 Å². The highest BCUT2D eigenvalue weighted by Gasteiger charge is 2.23. The number of nitrogens with zero attached hydrogens (tertiary/aromatic N) is 4. The number of carbonyl (C=O) groups is 1. The topological polar surface area (TPSA) is 54.5 Å². The van der Waals surface area contributed by atoms with Crippen LogP contribution in [0.4, 0.5) is 0 Å². The molecule has 1 amide bonds. The molecule has 6 heteroatoms. The maximum absolute atomic E-state index is 12.3. The van der Waals surface area contributed by atoms with Gasteiger partial charge in [-0.3, -0.25) is 4.79 Å². The van der Waals surface area contributed by atoms with E-state index in [-0.39, 0.29) is 5.91 Å². The lowest BCUT2D eigenvalue weighted by Crippen LogP contribution is -2.38. The van der Waals surface area contributed by atoms with Gasteiger partial charge in [-0.25, -0.2) is 4.98 Å². The summed E-state index contributed by atoms with van der Waals surface area (Å²) in [7, 11) is 4.04. The number of amides is 1. The Morgan fingerprint density at radius 1 is 1.45 bits per heavy atom. The average molecular weight is 274 g/mol. The van der Waals surface area contributed by atoms with Gasteiger partial charge in [-0.1, -0.05) is 0 Å². The van der Waals surface area contributed by atoms with Crippen LogP contribution >= 0.6 is 0 Å². The first-order chi connectivity index (χ1) is 9.63. The fraction of sp³-hybridized carbons (Fsp3) is 0.429. The minimum Gasteiger partial charge on any atom is -0.472 e. The number of fused-ring (bicyclic) bond motifs is 1. The van der Waals surface area contributed by atoms with Crippen molar-refractivity contribution in [1.82, 2.24) is 19.4 Å². The van der Waals surface area contributed by atoms with Gasteiger partial charge in [-0.15, -0.1) is 0 Å². The minimum atomic E-state index is 0.00200. The van der Waals surface area contributed by atoms with Gasteiger partial charge in [0.05, 0.1) is 24.1 Å². The van der Waals surface area contributed by atoms with Crippen LogP contribution in [-0.2, 0) is 19.6 Å². The number of imidazole rings is 1. The predicted octanol–water partition coefficient (Wildman–Crippen LogP) is 1.19. The minimum absolute atomic E-state index is 0.00200. The molecule has 0 unspecified atom stereocenters. The molecule has 0 spiro atoms. The molecular formula is C14H18N4O2. The summed E-state index contributed by atoms with van der Waals surface area (Å²) >= 11 is 0. The SMILES string of the molecule is CN(C)Cc1cn2c(n1)CN(C(=O)c1ccoc1)CC2. The molecule has 0 N–H and O–H groups in total. The highest BCUT2D eigenvalue weighted by molar-refractivity contribution is 5.93. The van der Waals surface area contributed by atoms with Gasteiger partial charge in [0.15, 0.2) is 0 Å². The molecule has 2 aromatic rings. The van der Waals surface area contributed by atoms with Crippen LogP contribution in [0.1, 0.15) is 21.9 Å². The molecule has 0 saturated carbocycles. The standard InChI is InChI=1S/C14H18N4O2/c1-16(2)7-12-8-17-4-5-18(9-13(17)15-12)14(19)11-3-6-20-10-11/h3,6,8,10H,4-5,7,9H2,1-2H3. The van der Waals surface area contributed by atoms with Gasteiger partial charge in [0, 0.05) is 25.8 Å². The smallest absolute Gasteiger partial charge is 0.257 e. The van der Waals surface area contributed by atoms with E-state index in [4.69, 9.17) is 4.42 Å². The second-order valence-corrected chi connectivity index (χ2v) is 5.32. The van der Waals surface area contributed by atoms with Gasteiger partial charge in [0.25, 0.3) is 5.91 Å². The largest absolute Gasteiger partial charge is 0.472 e. The zero-order chi connectivity index (χ0) is 14.1. The van der Waals surface area contributed by atoms with Gasteiger partial charge in [0.2, 0.25) is 0 Å². The molecule has 106 valence electrons. The lowest BCUT2D eigenvalue weighted by atomic mass is 10.2. The van der Waals surface area contributed by atoms with Crippen molar-refractivity contribution >= 4 is 5.91 Å².